The molecule has 1 unspecified atom stereocenters. The highest BCUT2D eigenvalue weighted by molar-refractivity contribution is 5.93. The van der Waals surface area contributed by atoms with Gasteiger partial charge in [-0.15, -0.1) is 0 Å². The van der Waals surface area contributed by atoms with E-state index in [1.165, 1.54) is 0 Å². The number of amides is 1. The van der Waals surface area contributed by atoms with Gasteiger partial charge in [-0.05, 0) is 32.0 Å². The third kappa shape index (κ3) is 3.94. The molecule has 1 saturated heterocycles. The fraction of sp³-hybridized carbons (Fsp3) is 0.625. The summed E-state index contributed by atoms with van der Waals surface area (Å²) in [6.07, 6.45) is 3.83. The van der Waals surface area contributed by atoms with Gasteiger partial charge in [-0.1, -0.05) is 13.8 Å². The minimum atomic E-state index is 0.0432. The Labute approximate surface area is 127 Å². The fourth-order valence-electron chi connectivity index (χ4n) is 2.66. The molecule has 2 rings (SSSR count). The zero-order chi connectivity index (χ0) is 15.2. The standard InChI is InChI=1S/C16H26N4O/c1-4-7-17-13-6-8-18-15(11-13)16(21)20-10-9-19(3)14(5-2)12-20/h6,8,11,14H,4-5,7,9-10,12H2,1-3H3,(H,17,18). The van der Waals surface area contributed by atoms with E-state index in [1.54, 1.807) is 6.20 Å². The monoisotopic (exact) mass is 290 g/mol. The molecule has 1 aromatic rings. The molecule has 1 aliphatic rings. The molecular weight excluding hydrogens is 264 g/mol. The van der Waals surface area contributed by atoms with Crippen LogP contribution < -0.4 is 5.32 Å². The first-order valence-corrected chi connectivity index (χ1v) is 7.85. The van der Waals surface area contributed by atoms with Crippen LogP contribution in [0.25, 0.3) is 0 Å². The molecule has 0 bridgehead atoms. The number of likely N-dealkylation sites (N-methyl/N-ethyl adjacent to an activating group) is 1. The van der Waals surface area contributed by atoms with E-state index in [0.29, 0.717) is 11.7 Å². The average molecular weight is 290 g/mol. The molecule has 1 aliphatic heterocycles. The molecule has 0 radical (unpaired) electrons. The maximum Gasteiger partial charge on any atom is 0.272 e. The Bertz CT molecular complexity index is 477. The number of carbonyl (C=O) groups excluding carboxylic acids is 1. The highest BCUT2D eigenvalue weighted by atomic mass is 16.2. The quantitative estimate of drug-likeness (QED) is 0.902. The van der Waals surface area contributed by atoms with Crippen molar-refractivity contribution in [3.8, 4) is 0 Å². The van der Waals surface area contributed by atoms with Crippen LogP contribution in [-0.2, 0) is 0 Å². The number of aromatic nitrogens is 1. The second-order valence-corrected chi connectivity index (χ2v) is 5.65. The first-order chi connectivity index (χ1) is 10.2. The summed E-state index contributed by atoms with van der Waals surface area (Å²) in [6, 6.07) is 4.21. The van der Waals surface area contributed by atoms with Crippen molar-refractivity contribution >= 4 is 11.6 Å². The van der Waals surface area contributed by atoms with Gasteiger partial charge in [0.1, 0.15) is 5.69 Å². The lowest BCUT2D eigenvalue weighted by Crippen LogP contribution is -2.53. The number of rotatable bonds is 5. The van der Waals surface area contributed by atoms with E-state index in [0.717, 1.165) is 44.7 Å². The van der Waals surface area contributed by atoms with Crippen molar-refractivity contribution in [1.29, 1.82) is 0 Å². The zero-order valence-electron chi connectivity index (χ0n) is 13.3. The summed E-state index contributed by atoms with van der Waals surface area (Å²) in [4.78, 5) is 21.1. The van der Waals surface area contributed by atoms with Crippen molar-refractivity contribution in [1.82, 2.24) is 14.8 Å². The topological polar surface area (TPSA) is 48.5 Å². The predicted octanol–water partition coefficient (Wildman–Crippen LogP) is 2.07. The summed E-state index contributed by atoms with van der Waals surface area (Å²) in [6.45, 7) is 7.69. The second-order valence-electron chi connectivity index (χ2n) is 5.65. The van der Waals surface area contributed by atoms with Crippen molar-refractivity contribution < 1.29 is 4.79 Å². The molecule has 0 saturated carbocycles. The van der Waals surface area contributed by atoms with Crippen LogP contribution in [-0.4, -0.2) is 60.0 Å². The van der Waals surface area contributed by atoms with Crippen molar-refractivity contribution in [2.45, 2.75) is 32.7 Å². The summed E-state index contributed by atoms with van der Waals surface area (Å²) in [5.74, 6) is 0.0432. The first kappa shape index (κ1) is 15.8. The third-order valence-corrected chi connectivity index (χ3v) is 4.09. The number of pyridine rings is 1. The van der Waals surface area contributed by atoms with Gasteiger partial charge in [0.15, 0.2) is 0 Å². The van der Waals surface area contributed by atoms with Crippen LogP contribution in [0.5, 0.6) is 0 Å². The Kier molecular flexibility index (Phi) is 5.56. The molecule has 5 nitrogen and oxygen atoms in total. The zero-order valence-corrected chi connectivity index (χ0v) is 13.3. The molecule has 0 spiro atoms. The summed E-state index contributed by atoms with van der Waals surface area (Å²) >= 11 is 0. The Morgan fingerprint density at radius 1 is 1.43 bits per heavy atom. The average Bonchev–Trinajstić information content (AvgIpc) is 2.53. The Hall–Kier alpha value is -1.62. The van der Waals surface area contributed by atoms with Crippen LogP contribution in [0.2, 0.25) is 0 Å². The molecular formula is C16H26N4O. The maximum atomic E-state index is 12.6. The van der Waals surface area contributed by atoms with Gasteiger partial charge in [0.05, 0.1) is 0 Å². The van der Waals surface area contributed by atoms with Gasteiger partial charge in [-0.3, -0.25) is 14.7 Å². The minimum Gasteiger partial charge on any atom is -0.385 e. The van der Waals surface area contributed by atoms with Crippen LogP contribution in [0.4, 0.5) is 5.69 Å². The molecule has 5 heteroatoms. The van der Waals surface area contributed by atoms with Crippen molar-refractivity contribution in [2.24, 2.45) is 0 Å². The fourth-order valence-corrected chi connectivity index (χ4v) is 2.66. The molecule has 1 atom stereocenters. The van der Waals surface area contributed by atoms with E-state index < -0.39 is 0 Å². The van der Waals surface area contributed by atoms with E-state index in [4.69, 9.17) is 0 Å². The van der Waals surface area contributed by atoms with Gasteiger partial charge >= 0.3 is 0 Å². The molecule has 1 aromatic heterocycles. The molecule has 2 heterocycles. The number of anilines is 1. The van der Waals surface area contributed by atoms with E-state index in [1.807, 2.05) is 17.0 Å². The smallest absolute Gasteiger partial charge is 0.272 e. The van der Waals surface area contributed by atoms with Crippen molar-refractivity contribution in [3.05, 3.63) is 24.0 Å². The third-order valence-electron chi connectivity index (χ3n) is 4.09. The summed E-state index contributed by atoms with van der Waals surface area (Å²) in [7, 11) is 2.13. The predicted molar refractivity (Wildman–Crippen MR) is 85.6 cm³/mol. The molecule has 0 aliphatic carbocycles. The molecule has 1 fully saturated rings. The number of hydrogen-bond acceptors (Lipinski definition) is 4. The largest absolute Gasteiger partial charge is 0.385 e. The Balaban J connectivity index is 2.05. The van der Waals surface area contributed by atoms with E-state index in [-0.39, 0.29) is 5.91 Å². The lowest BCUT2D eigenvalue weighted by Gasteiger charge is -2.39. The van der Waals surface area contributed by atoms with Gasteiger partial charge in [-0.25, -0.2) is 0 Å². The normalized spacial score (nSPS) is 19.6. The molecule has 21 heavy (non-hydrogen) atoms. The van der Waals surface area contributed by atoms with Crippen LogP contribution in [0, 0.1) is 0 Å². The van der Waals surface area contributed by atoms with E-state index >= 15 is 0 Å². The highest BCUT2D eigenvalue weighted by Crippen LogP contribution is 2.15. The van der Waals surface area contributed by atoms with Crippen molar-refractivity contribution in [2.75, 3.05) is 38.5 Å². The van der Waals surface area contributed by atoms with Crippen LogP contribution in [0.3, 0.4) is 0 Å². The SMILES string of the molecule is CCCNc1ccnc(C(=O)N2CCN(C)C(CC)C2)c1. The lowest BCUT2D eigenvalue weighted by atomic mass is 10.1. The minimum absolute atomic E-state index is 0.0432. The second kappa shape index (κ2) is 7.41. The number of nitrogens with zero attached hydrogens (tertiary/aromatic N) is 3. The van der Waals surface area contributed by atoms with Gasteiger partial charge in [-0.2, -0.15) is 0 Å². The van der Waals surface area contributed by atoms with Gasteiger partial charge < -0.3 is 10.2 Å². The van der Waals surface area contributed by atoms with Crippen LogP contribution >= 0.6 is 0 Å². The molecule has 116 valence electrons. The first-order valence-electron chi connectivity index (χ1n) is 7.85. The van der Waals surface area contributed by atoms with Crippen LogP contribution in [0.1, 0.15) is 37.2 Å². The van der Waals surface area contributed by atoms with Gasteiger partial charge in [0.25, 0.3) is 5.91 Å². The van der Waals surface area contributed by atoms with Crippen molar-refractivity contribution in [3.63, 3.8) is 0 Å². The van der Waals surface area contributed by atoms with Gasteiger partial charge in [0.2, 0.25) is 0 Å². The van der Waals surface area contributed by atoms with E-state index in [9.17, 15) is 4.79 Å². The summed E-state index contributed by atoms with van der Waals surface area (Å²) < 4.78 is 0. The Morgan fingerprint density at radius 2 is 2.24 bits per heavy atom. The summed E-state index contributed by atoms with van der Waals surface area (Å²) in [5, 5.41) is 3.30. The lowest BCUT2D eigenvalue weighted by molar-refractivity contribution is 0.0536. The molecule has 0 aromatic carbocycles. The molecule has 1 N–H and O–H groups in total. The number of piperazine rings is 1. The molecule has 1 amide bonds. The van der Waals surface area contributed by atoms with Crippen LogP contribution in [0.15, 0.2) is 18.3 Å². The summed E-state index contributed by atoms with van der Waals surface area (Å²) in [5.41, 5.74) is 1.51. The number of nitrogens with one attached hydrogen (secondary N) is 1. The highest BCUT2D eigenvalue weighted by Gasteiger charge is 2.27. The Morgan fingerprint density at radius 3 is 2.95 bits per heavy atom. The number of carbonyl (C=O) groups is 1. The maximum absolute atomic E-state index is 12.6. The van der Waals surface area contributed by atoms with E-state index in [2.05, 4.69) is 36.1 Å². The number of hydrogen-bond donors (Lipinski definition) is 1. The van der Waals surface area contributed by atoms with Gasteiger partial charge in [0, 0.05) is 44.1 Å².